The number of fused-ring (bicyclic) bond motifs is 1. The Morgan fingerprint density at radius 3 is 2.52 bits per heavy atom. The summed E-state index contributed by atoms with van der Waals surface area (Å²) >= 11 is 13.7. The summed E-state index contributed by atoms with van der Waals surface area (Å²) in [6, 6.07) is 17.5. The molecular weight excluding hydrogens is 479 g/mol. The van der Waals surface area contributed by atoms with Gasteiger partial charge in [0.2, 0.25) is 0 Å². The Kier molecular flexibility index (Phi) is 7.35. The van der Waals surface area contributed by atoms with Gasteiger partial charge in [-0.05, 0) is 73.5 Å². The summed E-state index contributed by atoms with van der Waals surface area (Å²) in [5.41, 5.74) is 3.11. The van der Waals surface area contributed by atoms with Gasteiger partial charge < -0.3 is 14.3 Å². The lowest BCUT2D eigenvalue weighted by molar-refractivity contribution is 0.126. The maximum Gasteiger partial charge on any atom is 0.193 e. The first-order valence-electron chi connectivity index (χ1n) is 10.3. The normalized spacial score (nSPS) is 12.2. The molecule has 0 saturated carbocycles. The summed E-state index contributed by atoms with van der Waals surface area (Å²) in [7, 11) is 0. The first-order valence-corrected chi connectivity index (χ1v) is 12.1. The predicted octanol–water partition coefficient (Wildman–Crippen LogP) is 6.92. The molecule has 0 radical (unpaired) electrons. The van der Waals surface area contributed by atoms with E-state index in [4.69, 9.17) is 32.4 Å². The zero-order valence-electron chi connectivity index (χ0n) is 18.1. The Bertz CT molecular complexity index is 1350. The maximum atomic E-state index is 12.5. The van der Waals surface area contributed by atoms with Gasteiger partial charge in [0.15, 0.2) is 5.43 Å². The molecule has 0 aliphatic rings. The second-order valence-electron chi connectivity index (χ2n) is 7.78. The SMILES string of the molecule is Cc1cc(SC[C@H](O)COc2ccc3c(=O)cc(-c4ccc(Cl)cc4)oc3c2)c(C)cc1Cl. The van der Waals surface area contributed by atoms with Gasteiger partial charge in [-0.1, -0.05) is 23.2 Å². The third kappa shape index (κ3) is 5.74. The number of rotatable bonds is 7. The van der Waals surface area contributed by atoms with Gasteiger partial charge >= 0.3 is 0 Å². The van der Waals surface area contributed by atoms with Crippen LogP contribution in [0.3, 0.4) is 0 Å². The summed E-state index contributed by atoms with van der Waals surface area (Å²) in [5.74, 6) is 1.44. The lowest BCUT2D eigenvalue weighted by Gasteiger charge is -2.14. The Hall–Kier alpha value is -2.44. The highest BCUT2D eigenvalue weighted by Crippen LogP contribution is 2.29. The van der Waals surface area contributed by atoms with Crippen LogP contribution in [0.15, 0.2) is 74.8 Å². The fourth-order valence-corrected chi connectivity index (χ4v) is 4.68. The van der Waals surface area contributed by atoms with E-state index in [9.17, 15) is 9.90 Å². The molecule has 0 unspecified atom stereocenters. The van der Waals surface area contributed by atoms with Crippen LogP contribution in [0.5, 0.6) is 5.75 Å². The Morgan fingerprint density at radius 2 is 1.76 bits per heavy atom. The molecule has 1 atom stereocenters. The monoisotopic (exact) mass is 500 g/mol. The largest absolute Gasteiger partial charge is 0.491 e. The number of aryl methyl sites for hydroxylation is 2. The van der Waals surface area contributed by atoms with Crippen LogP contribution >= 0.6 is 35.0 Å². The number of aliphatic hydroxyl groups is 1. The van der Waals surface area contributed by atoms with Gasteiger partial charge in [-0.3, -0.25) is 4.79 Å². The molecule has 0 aliphatic heterocycles. The van der Waals surface area contributed by atoms with Crippen molar-refractivity contribution in [2.24, 2.45) is 0 Å². The number of hydrogen-bond acceptors (Lipinski definition) is 5. The van der Waals surface area contributed by atoms with E-state index in [1.165, 1.54) is 6.07 Å². The number of halogens is 2. The molecule has 0 fully saturated rings. The third-order valence-electron chi connectivity index (χ3n) is 5.16. The van der Waals surface area contributed by atoms with Crippen LogP contribution in [0, 0.1) is 13.8 Å². The smallest absolute Gasteiger partial charge is 0.193 e. The highest BCUT2D eigenvalue weighted by Gasteiger charge is 2.12. The molecule has 1 N–H and O–H groups in total. The minimum absolute atomic E-state index is 0.116. The Morgan fingerprint density at radius 1 is 1.00 bits per heavy atom. The molecule has 4 rings (SSSR count). The van der Waals surface area contributed by atoms with E-state index < -0.39 is 6.10 Å². The van der Waals surface area contributed by atoms with Crippen LogP contribution in [0.25, 0.3) is 22.3 Å². The van der Waals surface area contributed by atoms with Crippen LogP contribution in [0.4, 0.5) is 0 Å². The summed E-state index contributed by atoms with van der Waals surface area (Å²) in [5, 5.41) is 12.2. The fraction of sp³-hybridized carbons (Fsp3) is 0.192. The average Bonchev–Trinajstić information content (AvgIpc) is 2.79. The first kappa shape index (κ1) is 23.7. The lowest BCUT2D eigenvalue weighted by atomic mass is 10.1. The van der Waals surface area contributed by atoms with Gasteiger partial charge in [0, 0.05) is 38.4 Å². The molecule has 33 heavy (non-hydrogen) atoms. The predicted molar refractivity (Wildman–Crippen MR) is 136 cm³/mol. The standard InChI is InChI=1S/C26H22Cl2O4S/c1-15-10-26(16(2)9-22(15)28)33-14-19(29)13-31-20-7-8-21-23(30)12-24(32-25(21)11-20)17-3-5-18(27)6-4-17/h3-12,19,29H,13-14H2,1-2H3/t19-/m1/s1. The van der Waals surface area contributed by atoms with Crippen LogP contribution in [0.1, 0.15) is 11.1 Å². The van der Waals surface area contributed by atoms with Crippen molar-refractivity contribution < 1.29 is 14.3 Å². The summed E-state index contributed by atoms with van der Waals surface area (Å²) < 4.78 is 11.7. The molecular formula is C26H22Cl2O4S. The molecule has 4 nitrogen and oxygen atoms in total. The van der Waals surface area contributed by atoms with Gasteiger partial charge in [0.1, 0.15) is 23.7 Å². The Labute approximate surface area is 206 Å². The molecule has 1 heterocycles. The van der Waals surface area contributed by atoms with Crippen LogP contribution in [-0.2, 0) is 0 Å². The van der Waals surface area contributed by atoms with Crippen LogP contribution in [-0.4, -0.2) is 23.6 Å². The molecule has 7 heteroatoms. The van der Waals surface area contributed by atoms with Gasteiger partial charge in [-0.25, -0.2) is 0 Å². The molecule has 0 amide bonds. The van der Waals surface area contributed by atoms with Crippen LogP contribution in [0.2, 0.25) is 10.0 Å². The van der Waals surface area contributed by atoms with E-state index in [1.807, 2.05) is 26.0 Å². The van der Waals surface area contributed by atoms with Crippen molar-refractivity contribution in [2.45, 2.75) is 24.8 Å². The molecule has 0 bridgehead atoms. The number of benzene rings is 3. The van der Waals surface area contributed by atoms with Gasteiger partial charge in [-0.15, -0.1) is 11.8 Å². The highest BCUT2D eigenvalue weighted by atomic mass is 35.5. The van der Waals surface area contributed by atoms with E-state index in [1.54, 1.807) is 54.2 Å². The van der Waals surface area contributed by atoms with Crippen molar-refractivity contribution in [1.82, 2.24) is 0 Å². The summed E-state index contributed by atoms with van der Waals surface area (Å²) in [4.78, 5) is 13.6. The van der Waals surface area contributed by atoms with E-state index in [0.717, 1.165) is 26.6 Å². The zero-order chi connectivity index (χ0) is 23.5. The highest BCUT2D eigenvalue weighted by molar-refractivity contribution is 7.99. The summed E-state index contributed by atoms with van der Waals surface area (Å²) in [6.07, 6.45) is -0.673. The second-order valence-corrected chi connectivity index (χ2v) is 9.69. The molecule has 0 spiro atoms. The molecule has 4 aromatic rings. The summed E-state index contributed by atoms with van der Waals surface area (Å²) in [6.45, 7) is 4.07. The molecule has 1 aromatic heterocycles. The second kappa shape index (κ2) is 10.2. The van der Waals surface area contributed by atoms with E-state index in [-0.39, 0.29) is 12.0 Å². The van der Waals surface area contributed by atoms with E-state index >= 15 is 0 Å². The van der Waals surface area contributed by atoms with Crippen molar-refractivity contribution >= 4 is 45.9 Å². The molecule has 3 aromatic carbocycles. The minimum atomic E-state index is -0.673. The molecule has 170 valence electrons. The lowest BCUT2D eigenvalue weighted by Crippen LogP contribution is -2.20. The van der Waals surface area contributed by atoms with Gasteiger partial charge in [-0.2, -0.15) is 0 Å². The van der Waals surface area contributed by atoms with Gasteiger partial charge in [0.05, 0.1) is 11.5 Å². The fourth-order valence-electron chi connectivity index (χ4n) is 3.32. The third-order valence-corrected chi connectivity index (χ3v) is 7.12. The maximum absolute atomic E-state index is 12.5. The number of thioether (sulfide) groups is 1. The molecule has 0 saturated heterocycles. The zero-order valence-corrected chi connectivity index (χ0v) is 20.4. The average molecular weight is 501 g/mol. The first-order chi connectivity index (χ1) is 15.8. The van der Waals surface area contributed by atoms with Crippen molar-refractivity contribution in [3.63, 3.8) is 0 Å². The van der Waals surface area contributed by atoms with Crippen molar-refractivity contribution in [1.29, 1.82) is 0 Å². The number of hydrogen-bond donors (Lipinski definition) is 1. The van der Waals surface area contributed by atoms with E-state index in [0.29, 0.717) is 33.3 Å². The van der Waals surface area contributed by atoms with Crippen molar-refractivity contribution in [3.05, 3.63) is 92.1 Å². The quantitative estimate of drug-likeness (QED) is 0.279. The van der Waals surface area contributed by atoms with Crippen molar-refractivity contribution in [3.8, 4) is 17.1 Å². The number of aliphatic hydroxyl groups excluding tert-OH is 1. The van der Waals surface area contributed by atoms with Crippen LogP contribution < -0.4 is 10.2 Å². The van der Waals surface area contributed by atoms with Crippen molar-refractivity contribution in [2.75, 3.05) is 12.4 Å². The molecule has 0 aliphatic carbocycles. The topological polar surface area (TPSA) is 59.7 Å². The number of ether oxygens (including phenoxy) is 1. The van der Waals surface area contributed by atoms with E-state index in [2.05, 4.69) is 0 Å². The minimum Gasteiger partial charge on any atom is -0.491 e. The van der Waals surface area contributed by atoms with Gasteiger partial charge in [0.25, 0.3) is 0 Å². The Balaban J connectivity index is 1.44.